The lowest BCUT2D eigenvalue weighted by Crippen LogP contribution is -2.21. The Balaban J connectivity index is 2.36. The highest BCUT2D eigenvalue weighted by molar-refractivity contribution is 9.10. The summed E-state index contributed by atoms with van der Waals surface area (Å²) < 4.78 is 6.89. The van der Waals surface area contributed by atoms with Gasteiger partial charge in [0.25, 0.3) is 0 Å². The van der Waals surface area contributed by atoms with Gasteiger partial charge in [-0.05, 0) is 36.0 Å². The monoisotopic (exact) mass is 341 g/mol. The summed E-state index contributed by atoms with van der Waals surface area (Å²) in [7, 11) is 0. The van der Waals surface area contributed by atoms with Crippen LogP contribution in [0.4, 0.5) is 0 Å². The highest BCUT2D eigenvalue weighted by Gasteiger charge is 2.03. The van der Waals surface area contributed by atoms with Gasteiger partial charge in [-0.25, -0.2) is 0 Å². The predicted octanol–water partition coefficient (Wildman–Crippen LogP) is 4.90. The molecule has 0 aliphatic heterocycles. The summed E-state index contributed by atoms with van der Waals surface area (Å²) in [5, 5.41) is 3.43. The van der Waals surface area contributed by atoms with Crippen LogP contribution in [-0.4, -0.2) is 12.6 Å². The number of halogens is 1. The van der Waals surface area contributed by atoms with E-state index in [-0.39, 0.29) is 0 Å². The summed E-state index contributed by atoms with van der Waals surface area (Å²) in [4.78, 5) is 0. The lowest BCUT2D eigenvalue weighted by molar-refractivity contribution is 0.114. The van der Waals surface area contributed by atoms with Crippen LogP contribution in [0.1, 0.15) is 51.7 Å². The van der Waals surface area contributed by atoms with Gasteiger partial charge in [0.05, 0.1) is 6.61 Å². The molecular weight excluding hydrogens is 314 g/mol. The Morgan fingerprint density at radius 2 is 1.95 bits per heavy atom. The van der Waals surface area contributed by atoms with Gasteiger partial charge in [0.15, 0.2) is 0 Å². The van der Waals surface area contributed by atoms with Crippen molar-refractivity contribution in [1.82, 2.24) is 5.32 Å². The fourth-order valence-corrected chi connectivity index (χ4v) is 2.46. The van der Waals surface area contributed by atoms with Crippen molar-refractivity contribution >= 4 is 15.9 Å². The van der Waals surface area contributed by atoms with Gasteiger partial charge in [-0.2, -0.15) is 0 Å². The SMILES string of the molecule is CC(C)CCCOCc1ccc(CNC(C)C)cc1Br. The standard InChI is InChI=1S/C17H28BrNO/c1-13(2)6-5-9-20-12-16-8-7-15(10-17(16)18)11-19-14(3)4/h7-8,10,13-14,19H,5-6,9,11-12H2,1-4H3. The zero-order chi connectivity index (χ0) is 15.0. The second-order valence-electron chi connectivity index (χ2n) is 6.05. The van der Waals surface area contributed by atoms with Gasteiger partial charge < -0.3 is 10.1 Å². The number of hydrogen-bond acceptors (Lipinski definition) is 2. The van der Waals surface area contributed by atoms with Gasteiger partial charge in [0.2, 0.25) is 0 Å². The van der Waals surface area contributed by atoms with Crippen molar-refractivity contribution in [3.8, 4) is 0 Å². The highest BCUT2D eigenvalue weighted by Crippen LogP contribution is 2.20. The number of nitrogens with one attached hydrogen (secondary N) is 1. The smallest absolute Gasteiger partial charge is 0.0727 e. The van der Waals surface area contributed by atoms with E-state index in [1.54, 1.807) is 0 Å². The van der Waals surface area contributed by atoms with Crippen molar-refractivity contribution in [2.75, 3.05) is 6.61 Å². The molecule has 0 aliphatic rings. The van der Waals surface area contributed by atoms with Crippen LogP contribution >= 0.6 is 15.9 Å². The van der Waals surface area contributed by atoms with E-state index in [0.29, 0.717) is 12.6 Å². The van der Waals surface area contributed by atoms with Gasteiger partial charge in [-0.15, -0.1) is 0 Å². The molecule has 114 valence electrons. The Morgan fingerprint density at radius 1 is 1.20 bits per heavy atom. The highest BCUT2D eigenvalue weighted by atomic mass is 79.9. The quantitative estimate of drug-likeness (QED) is 0.645. The minimum atomic E-state index is 0.512. The third-order valence-corrected chi connectivity index (χ3v) is 3.90. The van der Waals surface area contributed by atoms with Gasteiger partial charge >= 0.3 is 0 Å². The molecule has 1 aromatic rings. The number of hydrogen-bond donors (Lipinski definition) is 1. The Bertz CT molecular complexity index is 391. The lowest BCUT2D eigenvalue weighted by Gasteiger charge is -2.11. The van der Waals surface area contributed by atoms with E-state index in [4.69, 9.17) is 4.74 Å². The third kappa shape index (κ3) is 7.41. The summed E-state index contributed by atoms with van der Waals surface area (Å²) in [6, 6.07) is 7.02. The normalized spacial score (nSPS) is 11.6. The van der Waals surface area contributed by atoms with Crippen LogP contribution in [0.15, 0.2) is 22.7 Å². The minimum absolute atomic E-state index is 0.512. The molecule has 0 fully saturated rings. The molecule has 1 aromatic carbocycles. The third-order valence-electron chi connectivity index (χ3n) is 3.16. The van der Waals surface area contributed by atoms with Crippen molar-refractivity contribution in [2.45, 2.75) is 59.7 Å². The maximum atomic E-state index is 5.74. The molecule has 0 saturated carbocycles. The molecule has 0 bridgehead atoms. The summed E-state index contributed by atoms with van der Waals surface area (Å²) in [6.45, 7) is 11.3. The van der Waals surface area contributed by atoms with Gasteiger partial charge in [0.1, 0.15) is 0 Å². The number of rotatable bonds is 9. The van der Waals surface area contributed by atoms with E-state index in [1.165, 1.54) is 17.5 Å². The first-order chi connectivity index (χ1) is 9.49. The van der Waals surface area contributed by atoms with Crippen LogP contribution in [0.3, 0.4) is 0 Å². The number of ether oxygens (including phenoxy) is 1. The summed E-state index contributed by atoms with van der Waals surface area (Å²) in [5.41, 5.74) is 2.52. The second kappa shape index (κ2) is 9.54. The molecular formula is C17H28BrNO. The first kappa shape index (κ1) is 17.7. The molecule has 0 unspecified atom stereocenters. The molecule has 0 heterocycles. The molecule has 2 nitrogen and oxygen atoms in total. The molecule has 20 heavy (non-hydrogen) atoms. The van der Waals surface area contributed by atoms with Crippen LogP contribution in [-0.2, 0) is 17.9 Å². The molecule has 1 N–H and O–H groups in total. The maximum Gasteiger partial charge on any atom is 0.0727 e. The Morgan fingerprint density at radius 3 is 2.55 bits per heavy atom. The fraction of sp³-hybridized carbons (Fsp3) is 0.647. The number of benzene rings is 1. The zero-order valence-corrected chi connectivity index (χ0v) is 14.8. The van der Waals surface area contributed by atoms with Crippen LogP contribution in [0, 0.1) is 5.92 Å². The molecule has 0 atom stereocenters. The van der Waals surface area contributed by atoms with E-state index in [1.807, 2.05) is 0 Å². The van der Waals surface area contributed by atoms with Crippen molar-refractivity contribution in [3.63, 3.8) is 0 Å². The van der Waals surface area contributed by atoms with Crippen LogP contribution in [0.25, 0.3) is 0 Å². The minimum Gasteiger partial charge on any atom is -0.377 e. The van der Waals surface area contributed by atoms with Gasteiger partial charge in [-0.1, -0.05) is 55.8 Å². The molecule has 0 aromatic heterocycles. The second-order valence-corrected chi connectivity index (χ2v) is 6.90. The first-order valence-electron chi connectivity index (χ1n) is 7.57. The topological polar surface area (TPSA) is 21.3 Å². The van der Waals surface area contributed by atoms with E-state index < -0.39 is 0 Å². The van der Waals surface area contributed by atoms with Crippen molar-refractivity contribution in [1.29, 1.82) is 0 Å². The fourth-order valence-electron chi connectivity index (χ4n) is 1.92. The zero-order valence-electron chi connectivity index (χ0n) is 13.2. The molecule has 3 heteroatoms. The first-order valence-corrected chi connectivity index (χ1v) is 8.36. The average molecular weight is 342 g/mol. The Hall–Kier alpha value is -0.380. The lowest BCUT2D eigenvalue weighted by atomic mass is 10.1. The molecule has 0 radical (unpaired) electrons. The summed E-state index contributed by atoms with van der Waals surface area (Å²) >= 11 is 3.64. The van der Waals surface area contributed by atoms with Crippen LogP contribution in [0.5, 0.6) is 0 Å². The van der Waals surface area contributed by atoms with E-state index >= 15 is 0 Å². The van der Waals surface area contributed by atoms with Crippen LogP contribution in [0.2, 0.25) is 0 Å². The largest absolute Gasteiger partial charge is 0.377 e. The van der Waals surface area contributed by atoms with Gasteiger partial charge in [-0.3, -0.25) is 0 Å². The van der Waals surface area contributed by atoms with Crippen molar-refractivity contribution in [3.05, 3.63) is 33.8 Å². The van der Waals surface area contributed by atoms with E-state index in [2.05, 4.69) is 67.1 Å². The van der Waals surface area contributed by atoms with Crippen LogP contribution < -0.4 is 5.32 Å². The molecule has 1 rings (SSSR count). The molecule has 0 saturated heterocycles. The molecule has 0 amide bonds. The van der Waals surface area contributed by atoms with Gasteiger partial charge in [0, 0.05) is 23.7 Å². The summed E-state index contributed by atoms with van der Waals surface area (Å²) in [5.74, 6) is 0.762. The van der Waals surface area contributed by atoms with E-state index in [9.17, 15) is 0 Å². The summed E-state index contributed by atoms with van der Waals surface area (Å²) in [6.07, 6.45) is 2.38. The van der Waals surface area contributed by atoms with Crippen molar-refractivity contribution < 1.29 is 4.74 Å². The predicted molar refractivity (Wildman–Crippen MR) is 89.8 cm³/mol. The van der Waals surface area contributed by atoms with E-state index in [0.717, 1.165) is 30.0 Å². The average Bonchev–Trinajstić information content (AvgIpc) is 2.37. The maximum absolute atomic E-state index is 5.74. The Labute approximate surface area is 132 Å². The van der Waals surface area contributed by atoms with Crippen molar-refractivity contribution in [2.24, 2.45) is 5.92 Å². The Kier molecular flexibility index (Phi) is 8.43. The molecule has 0 aliphatic carbocycles. The molecule has 0 spiro atoms.